The van der Waals surface area contributed by atoms with Gasteiger partial charge in [0.2, 0.25) is 0 Å². The number of nitrogens with zero attached hydrogens (tertiary/aromatic N) is 8. The number of rotatable bonds is 6. The zero-order chi connectivity index (χ0) is 69.2. The van der Waals surface area contributed by atoms with E-state index in [0.29, 0.717) is 53.6 Å². The average molecular weight is 1410 g/mol. The largest absolute Gasteiger partial charge is 0.453 e. The first-order valence-corrected chi connectivity index (χ1v) is 39.7. The number of fused-ring (bicyclic) bond motifs is 10. The second-order valence-corrected chi connectivity index (χ2v) is 33.4. The van der Waals surface area contributed by atoms with Crippen molar-refractivity contribution < 1.29 is 28.2 Å². The number of amides is 4. The predicted molar refractivity (Wildman–Crippen MR) is 402 cm³/mol. The van der Waals surface area contributed by atoms with Crippen molar-refractivity contribution in [2.75, 3.05) is 147 Å². The lowest BCUT2D eigenvalue weighted by Gasteiger charge is -2.47. The van der Waals surface area contributed by atoms with Crippen molar-refractivity contribution in [1.82, 2.24) is 34.3 Å². The van der Waals surface area contributed by atoms with Crippen LogP contribution in [-0.2, 0) is 31.1 Å². The van der Waals surface area contributed by atoms with Crippen molar-refractivity contribution in [3.63, 3.8) is 0 Å². The molecule has 3 N–H and O–H groups in total. The Morgan fingerprint density at radius 1 is 0.520 bits per heavy atom. The van der Waals surface area contributed by atoms with Crippen LogP contribution in [0.5, 0.6) is 0 Å². The summed E-state index contributed by atoms with van der Waals surface area (Å²) >= 11 is 12.5. The van der Waals surface area contributed by atoms with Gasteiger partial charge in [0, 0.05) is 145 Å². The van der Waals surface area contributed by atoms with Gasteiger partial charge in [-0.3, -0.25) is 4.90 Å². The maximum atomic E-state index is 14.1. The fourth-order valence-corrected chi connectivity index (χ4v) is 21.3. The quantitative estimate of drug-likeness (QED) is 0.170. The zero-order valence-corrected chi connectivity index (χ0v) is 62.0. The van der Waals surface area contributed by atoms with Crippen LogP contribution in [-0.4, -0.2) is 209 Å². The number of nitrogens with one attached hydrogen (secondary N) is 3. The topological polar surface area (TPSA) is 132 Å². The first kappa shape index (κ1) is 71.4. The lowest BCUT2D eigenvalue weighted by atomic mass is 9.73. The third kappa shape index (κ3) is 14.9. The molecular weight excluding hydrogens is 1300 g/mol. The van der Waals surface area contributed by atoms with Crippen LogP contribution in [0.2, 0.25) is 10.0 Å². The second kappa shape index (κ2) is 31.0. The van der Waals surface area contributed by atoms with Gasteiger partial charge in [-0.25, -0.2) is 18.8 Å². The summed E-state index contributed by atoms with van der Waals surface area (Å²) in [6.45, 7) is 18.3. The van der Waals surface area contributed by atoms with Gasteiger partial charge >= 0.3 is 18.2 Å². The number of methoxy groups -OCH3 is 1. The standard InChI is InChI=1S/C22H31FN4O3.C22H31N3O2.C19H27ClN2.C18H25ClN2/c1-24(2)20(28)27-15-22(18-14-16(23)4-5-19(18)27)8-12-25(13-9-22)17-6-10-26(11-7-17)21(29)30-3;1-2-27-21(26)25-16-7-8-17(25)14-18(13-16)24-11-9-22(10-12-24)15-23-20-6-4-3-5-19(20)22;20-16-6-7-18-17(12-16)19(14-21-18)8-10-22(11-9-19)13-15-4-2-1-3-5-15;19-14-6-7-17-16(12-14)18(13-20-17)8-10-21(11-9-18)15-4-2-1-3-5-15/h4-5,14,17H,6-13,15H2,1-3H3;3-6,16-18,23H,2,7-15H2,1H3;6-7,12,15,21H,1-5,8-11,13-14H2;6-7,12,15,20H,1-5,8-11,13H2. The minimum atomic E-state index is -0.249. The molecule has 2 unspecified atom stereocenters. The van der Waals surface area contributed by atoms with Gasteiger partial charge in [-0.05, 0) is 264 Å². The van der Waals surface area contributed by atoms with Crippen LogP contribution in [0.25, 0.3) is 0 Å². The van der Waals surface area contributed by atoms with Crippen molar-refractivity contribution in [3.8, 4) is 0 Å². The number of benzene rings is 4. The summed E-state index contributed by atoms with van der Waals surface area (Å²) in [4.78, 5) is 54.7. The highest BCUT2D eigenvalue weighted by atomic mass is 35.5. The Labute approximate surface area is 606 Å². The Morgan fingerprint density at radius 2 is 1.01 bits per heavy atom. The molecule has 0 radical (unpaired) electrons. The molecule has 19 heteroatoms. The van der Waals surface area contributed by atoms with Crippen LogP contribution in [0.4, 0.5) is 41.5 Å². The smallest absolute Gasteiger partial charge is 0.410 e. The number of anilines is 4. The summed E-state index contributed by atoms with van der Waals surface area (Å²) in [7, 11) is 4.92. The van der Waals surface area contributed by atoms with Gasteiger partial charge in [0.15, 0.2) is 0 Å². The van der Waals surface area contributed by atoms with E-state index in [0.717, 1.165) is 130 Å². The Hall–Kier alpha value is -5.56. The number of ether oxygens (including phenoxy) is 2. The highest BCUT2D eigenvalue weighted by molar-refractivity contribution is 6.31. The molecule has 16 nitrogen and oxygen atoms in total. The minimum absolute atomic E-state index is 0.0580. The van der Waals surface area contributed by atoms with E-state index in [1.807, 2.05) is 19.1 Å². The average Bonchev–Trinajstić information content (AvgIpc) is 1.61. The Bertz CT molecular complexity index is 3460. The van der Waals surface area contributed by atoms with Crippen LogP contribution >= 0.6 is 23.2 Å². The molecule has 4 aromatic carbocycles. The van der Waals surface area contributed by atoms with Crippen molar-refractivity contribution in [2.45, 2.75) is 213 Å². The third-order valence-corrected chi connectivity index (χ3v) is 27.3. The second-order valence-electron chi connectivity index (χ2n) is 32.5. The molecule has 2 bridgehead atoms. The maximum Gasteiger partial charge on any atom is 0.410 e. The van der Waals surface area contributed by atoms with Crippen molar-refractivity contribution >= 4 is 64.2 Å². The van der Waals surface area contributed by atoms with E-state index >= 15 is 0 Å². The van der Waals surface area contributed by atoms with Crippen LogP contribution in [0.3, 0.4) is 0 Å². The molecular formula is C81H114Cl2FN11O5. The van der Waals surface area contributed by atoms with E-state index in [1.54, 1.807) is 40.9 Å². The fraction of sp³-hybridized carbons (Fsp3) is 0.667. The van der Waals surface area contributed by atoms with E-state index in [1.165, 1.54) is 195 Å². The van der Waals surface area contributed by atoms with Crippen LogP contribution in [0.15, 0.2) is 78.9 Å². The van der Waals surface area contributed by atoms with Crippen molar-refractivity contribution in [2.24, 2.45) is 5.92 Å². The molecule has 4 amide bonds. The maximum absolute atomic E-state index is 14.1. The van der Waals surface area contributed by atoms with Crippen molar-refractivity contribution in [1.29, 1.82) is 0 Å². The minimum Gasteiger partial charge on any atom is -0.453 e. The molecule has 0 aromatic heterocycles. The number of likely N-dealkylation sites (tertiary alicyclic amines) is 5. The summed E-state index contributed by atoms with van der Waals surface area (Å²) in [6, 6.07) is 29.1. The fourth-order valence-electron chi connectivity index (χ4n) is 21.0. The summed E-state index contributed by atoms with van der Waals surface area (Å²) in [5, 5.41) is 12.6. The first-order valence-electron chi connectivity index (χ1n) is 39.0. The number of carbonyl (C=O) groups is 3. The van der Waals surface area contributed by atoms with Gasteiger partial charge in [0.05, 0.1) is 13.7 Å². The molecule has 4 aromatic rings. The number of halogens is 3. The molecule has 2 atom stereocenters. The number of hydrogen-bond donors (Lipinski definition) is 3. The molecule has 100 heavy (non-hydrogen) atoms. The predicted octanol–water partition coefficient (Wildman–Crippen LogP) is 15.6. The Kier molecular flexibility index (Phi) is 22.2. The van der Waals surface area contributed by atoms with Crippen molar-refractivity contribution in [3.05, 3.63) is 117 Å². The van der Waals surface area contributed by atoms with E-state index < -0.39 is 0 Å². The molecule has 11 heterocycles. The van der Waals surface area contributed by atoms with Gasteiger partial charge in [-0.2, -0.15) is 0 Å². The van der Waals surface area contributed by atoms with Gasteiger partial charge in [-0.15, -0.1) is 0 Å². The molecule has 544 valence electrons. The molecule has 4 spiro atoms. The number of hydrogen-bond acceptors (Lipinski definition) is 12. The van der Waals surface area contributed by atoms with Gasteiger partial charge in [-0.1, -0.05) is 79.9 Å². The highest BCUT2D eigenvalue weighted by Crippen LogP contribution is 2.51. The van der Waals surface area contributed by atoms with E-state index in [2.05, 4.69) is 89.0 Å². The number of carbonyl (C=O) groups excluding carboxylic acids is 3. The Balaban J connectivity index is 0.000000115. The summed E-state index contributed by atoms with van der Waals surface area (Å²) in [5.41, 5.74) is 11.1. The molecule has 17 rings (SSSR count). The highest BCUT2D eigenvalue weighted by Gasteiger charge is 2.51. The van der Waals surface area contributed by atoms with Gasteiger partial charge < -0.3 is 59.7 Å². The van der Waals surface area contributed by atoms with E-state index in [9.17, 15) is 18.8 Å². The molecule has 2 aliphatic carbocycles. The van der Waals surface area contributed by atoms with Crippen LogP contribution < -0.4 is 20.9 Å². The molecule has 13 aliphatic rings. The zero-order valence-electron chi connectivity index (χ0n) is 60.5. The molecule has 7 saturated heterocycles. The number of urea groups is 1. The summed E-state index contributed by atoms with van der Waals surface area (Å²) in [6.07, 6.45) is 30.0. The van der Waals surface area contributed by atoms with E-state index in [4.69, 9.17) is 32.7 Å². The SMILES string of the molecule is CCOC(=O)N1C2CCC1CC(N1CCC3(CC1)CNc1ccccc13)C2.COC(=O)N1CCC(N2CCC3(CC2)CN(C(=O)N(C)C)c2ccc(F)cc23)CC1.Clc1ccc2c(c1)C1(CCN(C3CCCCC3)CC1)CN2.Clc1ccc2c(c1)C1(CCN(CC3CCCCC3)CC1)CN2. The molecule has 9 fully saturated rings. The Morgan fingerprint density at radius 3 is 1.55 bits per heavy atom. The van der Waals surface area contributed by atoms with Crippen LogP contribution in [0.1, 0.15) is 183 Å². The molecule has 11 aliphatic heterocycles. The number of para-hydroxylation sites is 1. The van der Waals surface area contributed by atoms with Crippen LogP contribution in [0, 0.1) is 11.7 Å². The van der Waals surface area contributed by atoms with Gasteiger partial charge in [0.25, 0.3) is 0 Å². The lowest BCUT2D eigenvalue weighted by Crippen LogP contribution is -2.55. The number of piperidine rings is 6. The van der Waals surface area contributed by atoms with Gasteiger partial charge in [0.1, 0.15) is 5.82 Å². The summed E-state index contributed by atoms with van der Waals surface area (Å²) in [5.74, 6) is 0.719. The first-order chi connectivity index (χ1) is 48.6. The van der Waals surface area contributed by atoms with E-state index in [-0.39, 0.29) is 29.4 Å². The normalized spacial score (nSPS) is 25.9. The third-order valence-electron chi connectivity index (χ3n) is 26.9. The lowest BCUT2D eigenvalue weighted by molar-refractivity contribution is 0.0285. The molecule has 2 saturated carbocycles. The summed E-state index contributed by atoms with van der Waals surface area (Å²) < 4.78 is 24.3. The monoisotopic (exact) mass is 1410 g/mol.